The summed E-state index contributed by atoms with van der Waals surface area (Å²) in [5, 5.41) is 2.49. The van der Waals surface area contributed by atoms with Crippen LogP contribution < -0.4 is 10.1 Å². The molecule has 3 heterocycles. The van der Waals surface area contributed by atoms with Crippen molar-refractivity contribution in [2.75, 3.05) is 26.0 Å². The first kappa shape index (κ1) is 18.6. The highest BCUT2D eigenvalue weighted by Crippen LogP contribution is 2.39. The Balaban J connectivity index is 1.41. The lowest BCUT2D eigenvalue weighted by Gasteiger charge is -2.27. The second kappa shape index (κ2) is 6.67. The van der Waals surface area contributed by atoms with Crippen LogP contribution in [0.15, 0.2) is 24.3 Å². The number of hydrogen-bond acceptors (Lipinski definition) is 5. The highest BCUT2D eigenvalue weighted by atomic mass is 32.2. The van der Waals surface area contributed by atoms with Gasteiger partial charge in [0.1, 0.15) is 11.9 Å². The van der Waals surface area contributed by atoms with Gasteiger partial charge in [-0.05, 0) is 13.0 Å². The van der Waals surface area contributed by atoms with E-state index < -0.39 is 15.1 Å². The number of benzene rings is 1. The molecule has 7 nitrogen and oxygen atoms in total. The Morgan fingerprint density at radius 3 is 2.78 bits per heavy atom. The highest BCUT2D eigenvalue weighted by molar-refractivity contribution is 7.92. The fraction of sp³-hybridized carbons (Fsp3) is 0.632. The number of carbonyl (C=O) groups is 1. The van der Waals surface area contributed by atoms with Crippen molar-refractivity contribution in [2.45, 2.75) is 43.3 Å². The van der Waals surface area contributed by atoms with Crippen molar-refractivity contribution in [1.82, 2.24) is 10.2 Å². The SMILES string of the molecule is CO[C@@H]1CS(=O)(=O)[C@@H]2CN(C(=O)NC(C)C3Oc4ccccc4C3C)C[C@@H]21. The fourth-order valence-electron chi connectivity index (χ4n) is 4.71. The van der Waals surface area contributed by atoms with Crippen molar-refractivity contribution >= 4 is 15.9 Å². The summed E-state index contributed by atoms with van der Waals surface area (Å²) in [6.45, 7) is 4.65. The molecular weight excluding hydrogens is 368 g/mol. The number of carbonyl (C=O) groups excluding carboxylic acids is 1. The summed E-state index contributed by atoms with van der Waals surface area (Å²) in [6.07, 6.45) is -0.480. The third-order valence-electron chi connectivity index (χ3n) is 6.24. The lowest BCUT2D eigenvalue weighted by atomic mass is 9.94. The van der Waals surface area contributed by atoms with Crippen LogP contribution in [0.3, 0.4) is 0 Å². The van der Waals surface area contributed by atoms with Gasteiger partial charge in [-0.25, -0.2) is 13.2 Å². The minimum atomic E-state index is -3.21. The van der Waals surface area contributed by atoms with Crippen LogP contribution in [-0.4, -0.2) is 68.8 Å². The van der Waals surface area contributed by atoms with Crippen LogP contribution >= 0.6 is 0 Å². The van der Waals surface area contributed by atoms with Crippen LogP contribution in [0.2, 0.25) is 0 Å². The molecule has 3 unspecified atom stereocenters. The molecule has 1 N–H and O–H groups in total. The summed E-state index contributed by atoms with van der Waals surface area (Å²) in [5.74, 6) is 0.941. The molecule has 0 radical (unpaired) electrons. The van der Waals surface area contributed by atoms with Crippen molar-refractivity contribution < 1.29 is 22.7 Å². The Labute approximate surface area is 159 Å². The third-order valence-corrected chi connectivity index (χ3v) is 8.46. The summed E-state index contributed by atoms with van der Waals surface area (Å²) in [4.78, 5) is 14.4. The van der Waals surface area contributed by atoms with Crippen LogP contribution in [0.5, 0.6) is 5.75 Å². The van der Waals surface area contributed by atoms with Crippen molar-refractivity contribution in [1.29, 1.82) is 0 Å². The van der Waals surface area contributed by atoms with E-state index in [4.69, 9.17) is 9.47 Å². The number of ether oxygens (including phenoxy) is 2. The molecule has 2 saturated heterocycles. The number of likely N-dealkylation sites (tertiary alicyclic amines) is 1. The van der Waals surface area contributed by atoms with Gasteiger partial charge in [0.25, 0.3) is 0 Å². The Kier molecular flexibility index (Phi) is 4.58. The van der Waals surface area contributed by atoms with Crippen molar-refractivity contribution in [2.24, 2.45) is 5.92 Å². The number of para-hydroxylation sites is 1. The number of amides is 2. The molecule has 1 aromatic rings. The largest absolute Gasteiger partial charge is 0.487 e. The molecule has 0 saturated carbocycles. The maximum Gasteiger partial charge on any atom is 0.317 e. The van der Waals surface area contributed by atoms with E-state index in [9.17, 15) is 13.2 Å². The predicted molar refractivity (Wildman–Crippen MR) is 101 cm³/mol. The van der Waals surface area contributed by atoms with Crippen LogP contribution in [0.4, 0.5) is 4.79 Å². The third kappa shape index (κ3) is 3.08. The normalized spacial score (nSPS) is 34.6. The summed E-state index contributed by atoms with van der Waals surface area (Å²) in [6, 6.07) is 7.47. The number of nitrogens with one attached hydrogen (secondary N) is 1. The van der Waals surface area contributed by atoms with E-state index in [1.54, 1.807) is 4.90 Å². The first-order chi connectivity index (χ1) is 12.8. The van der Waals surface area contributed by atoms with E-state index in [0.29, 0.717) is 6.54 Å². The molecule has 2 amide bonds. The molecule has 27 heavy (non-hydrogen) atoms. The monoisotopic (exact) mass is 394 g/mol. The Morgan fingerprint density at radius 1 is 1.33 bits per heavy atom. The lowest BCUT2D eigenvalue weighted by molar-refractivity contribution is 0.0817. The number of methoxy groups -OCH3 is 1. The maximum absolute atomic E-state index is 12.8. The van der Waals surface area contributed by atoms with E-state index >= 15 is 0 Å². The van der Waals surface area contributed by atoms with Gasteiger partial charge in [-0.1, -0.05) is 25.1 Å². The van der Waals surface area contributed by atoms with Crippen LogP contribution in [-0.2, 0) is 14.6 Å². The van der Waals surface area contributed by atoms with Gasteiger partial charge < -0.3 is 19.7 Å². The molecule has 0 aromatic heterocycles. The number of sulfone groups is 1. The first-order valence-corrected chi connectivity index (χ1v) is 11.1. The summed E-state index contributed by atoms with van der Waals surface area (Å²) in [7, 11) is -1.68. The molecule has 3 aliphatic heterocycles. The zero-order valence-corrected chi connectivity index (χ0v) is 16.6. The van der Waals surface area contributed by atoms with Crippen LogP contribution in [0, 0.1) is 5.92 Å². The average Bonchev–Trinajstić information content (AvgIpc) is 3.28. The first-order valence-electron chi connectivity index (χ1n) is 9.37. The van der Waals surface area contributed by atoms with E-state index in [2.05, 4.69) is 12.2 Å². The van der Waals surface area contributed by atoms with E-state index in [-0.39, 0.29) is 48.4 Å². The molecule has 0 aliphatic carbocycles. The number of hydrogen-bond donors (Lipinski definition) is 1. The Bertz CT molecular complexity index is 842. The molecule has 3 aliphatic rings. The fourth-order valence-corrected chi connectivity index (χ4v) is 7.00. The molecule has 6 atom stereocenters. The van der Waals surface area contributed by atoms with Crippen molar-refractivity contribution in [3.8, 4) is 5.75 Å². The quantitative estimate of drug-likeness (QED) is 0.838. The van der Waals surface area contributed by atoms with Crippen LogP contribution in [0.25, 0.3) is 0 Å². The van der Waals surface area contributed by atoms with E-state index in [0.717, 1.165) is 11.3 Å². The number of rotatable bonds is 3. The molecule has 4 rings (SSSR count). The number of fused-ring (bicyclic) bond motifs is 2. The van der Waals surface area contributed by atoms with Gasteiger partial charge in [-0.3, -0.25) is 0 Å². The number of urea groups is 1. The molecule has 8 heteroatoms. The number of nitrogens with zero attached hydrogens (tertiary/aromatic N) is 1. The second-order valence-electron chi connectivity index (χ2n) is 7.86. The minimum Gasteiger partial charge on any atom is -0.487 e. The predicted octanol–water partition coefficient (Wildman–Crippen LogP) is 1.39. The van der Waals surface area contributed by atoms with Gasteiger partial charge >= 0.3 is 6.03 Å². The van der Waals surface area contributed by atoms with Gasteiger partial charge in [0.2, 0.25) is 0 Å². The molecule has 0 bridgehead atoms. The van der Waals surface area contributed by atoms with Gasteiger partial charge in [-0.2, -0.15) is 0 Å². The topological polar surface area (TPSA) is 84.9 Å². The summed E-state index contributed by atoms with van der Waals surface area (Å²) < 4.78 is 36.0. The zero-order valence-electron chi connectivity index (χ0n) is 15.8. The second-order valence-corrected chi connectivity index (χ2v) is 10.1. The van der Waals surface area contributed by atoms with E-state index in [1.165, 1.54) is 7.11 Å². The maximum atomic E-state index is 12.8. The smallest absolute Gasteiger partial charge is 0.317 e. The lowest BCUT2D eigenvalue weighted by Crippen LogP contribution is -2.49. The molecular formula is C19H26N2O5S. The van der Waals surface area contributed by atoms with E-state index in [1.807, 2.05) is 31.2 Å². The highest BCUT2D eigenvalue weighted by Gasteiger charge is 2.53. The standard InChI is InChI=1S/C19H26N2O5S/c1-11-13-6-4-5-7-15(13)26-18(11)12(2)20-19(22)21-8-14-16(25-3)10-27(23,24)17(14)9-21/h4-7,11-12,14,16-18H,8-10H2,1-3H3,(H,20,22)/t11?,12?,14-,16-,17-,18?/m1/s1. The molecule has 1 aromatic carbocycles. The summed E-state index contributed by atoms with van der Waals surface area (Å²) in [5.41, 5.74) is 1.15. The van der Waals surface area contributed by atoms with Crippen molar-refractivity contribution in [3.05, 3.63) is 29.8 Å². The zero-order chi connectivity index (χ0) is 19.3. The van der Waals surface area contributed by atoms with Gasteiger partial charge in [0.05, 0.1) is 23.1 Å². The average molecular weight is 394 g/mol. The van der Waals surface area contributed by atoms with Gasteiger partial charge in [0.15, 0.2) is 9.84 Å². The Hall–Kier alpha value is -1.80. The van der Waals surface area contributed by atoms with Gasteiger partial charge in [0, 0.05) is 37.6 Å². The molecule has 0 spiro atoms. The van der Waals surface area contributed by atoms with Crippen molar-refractivity contribution in [3.63, 3.8) is 0 Å². The molecule has 2 fully saturated rings. The van der Waals surface area contributed by atoms with Gasteiger partial charge in [-0.15, -0.1) is 0 Å². The minimum absolute atomic E-state index is 0.0520. The van der Waals surface area contributed by atoms with Crippen LogP contribution in [0.1, 0.15) is 25.3 Å². The summed E-state index contributed by atoms with van der Waals surface area (Å²) >= 11 is 0. The molecule has 148 valence electrons. The Morgan fingerprint density at radius 2 is 2.07 bits per heavy atom.